The molecule has 0 atom stereocenters. The van der Waals surface area contributed by atoms with Gasteiger partial charge < -0.3 is 20.5 Å². The van der Waals surface area contributed by atoms with Crippen LogP contribution in [0, 0.1) is 0 Å². The van der Waals surface area contributed by atoms with Crippen LogP contribution in [-0.2, 0) is 11.3 Å². The van der Waals surface area contributed by atoms with Crippen LogP contribution < -0.4 is 15.8 Å². The Morgan fingerprint density at radius 3 is 2.70 bits per heavy atom. The Bertz CT molecular complexity index is 570. The van der Waals surface area contributed by atoms with Gasteiger partial charge in [0.2, 0.25) is 0 Å². The Morgan fingerprint density at radius 2 is 1.95 bits per heavy atom. The van der Waals surface area contributed by atoms with Crippen LogP contribution in [0.25, 0.3) is 0 Å². The maximum absolute atomic E-state index is 5.88. The highest BCUT2D eigenvalue weighted by molar-refractivity contribution is 5.66. The minimum atomic E-state index is 0.594. The van der Waals surface area contributed by atoms with Crippen LogP contribution in [0.15, 0.2) is 42.5 Å². The van der Waals surface area contributed by atoms with E-state index >= 15 is 0 Å². The summed E-state index contributed by atoms with van der Waals surface area (Å²) in [5.74, 6) is 0.767. The molecule has 0 aliphatic heterocycles. The van der Waals surface area contributed by atoms with Gasteiger partial charge in [-0.05, 0) is 30.7 Å². The van der Waals surface area contributed by atoms with Gasteiger partial charge >= 0.3 is 0 Å². The minimum Gasteiger partial charge on any atom is -0.494 e. The second kappa shape index (κ2) is 6.82. The fourth-order valence-corrected chi connectivity index (χ4v) is 2.02. The number of anilines is 3. The van der Waals surface area contributed by atoms with Crippen molar-refractivity contribution in [2.24, 2.45) is 0 Å². The molecule has 106 valence electrons. The van der Waals surface area contributed by atoms with Crippen molar-refractivity contribution in [2.75, 3.05) is 24.8 Å². The number of methoxy groups -OCH3 is 1. The molecule has 0 unspecified atom stereocenters. The van der Waals surface area contributed by atoms with Gasteiger partial charge in [0.25, 0.3) is 0 Å². The van der Waals surface area contributed by atoms with Gasteiger partial charge in [-0.15, -0.1) is 0 Å². The van der Waals surface area contributed by atoms with E-state index in [0.29, 0.717) is 18.9 Å². The van der Waals surface area contributed by atoms with Gasteiger partial charge in [-0.25, -0.2) is 0 Å². The van der Waals surface area contributed by atoms with Crippen LogP contribution >= 0.6 is 0 Å². The molecule has 20 heavy (non-hydrogen) atoms. The first-order valence-electron chi connectivity index (χ1n) is 6.59. The summed E-state index contributed by atoms with van der Waals surface area (Å²) >= 11 is 0. The highest BCUT2D eigenvalue weighted by atomic mass is 16.5. The Morgan fingerprint density at radius 1 is 1.10 bits per heavy atom. The number of benzene rings is 2. The van der Waals surface area contributed by atoms with E-state index in [1.165, 1.54) is 0 Å². The van der Waals surface area contributed by atoms with Crippen LogP contribution in [0.2, 0.25) is 0 Å². The van der Waals surface area contributed by atoms with E-state index in [1.54, 1.807) is 7.11 Å². The predicted octanol–water partition coefficient (Wildman–Crippen LogP) is 3.56. The zero-order valence-electron chi connectivity index (χ0n) is 11.8. The Labute approximate surface area is 119 Å². The monoisotopic (exact) mass is 272 g/mol. The molecule has 0 amide bonds. The molecule has 2 aromatic carbocycles. The molecule has 0 spiro atoms. The molecule has 2 rings (SSSR count). The van der Waals surface area contributed by atoms with Crippen LogP contribution in [-0.4, -0.2) is 13.7 Å². The summed E-state index contributed by atoms with van der Waals surface area (Å²) in [6, 6.07) is 13.7. The number of ether oxygens (including phenoxy) is 2. The molecular formula is C16H20N2O2. The smallest absolute Gasteiger partial charge is 0.123 e. The van der Waals surface area contributed by atoms with Crippen molar-refractivity contribution < 1.29 is 9.47 Å². The van der Waals surface area contributed by atoms with Crippen LogP contribution in [0.5, 0.6) is 5.75 Å². The third kappa shape index (κ3) is 3.90. The highest BCUT2D eigenvalue weighted by Gasteiger charge is 2.01. The second-order valence-electron chi connectivity index (χ2n) is 4.48. The van der Waals surface area contributed by atoms with E-state index in [0.717, 1.165) is 22.7 Å². The van der Waals surface area contributed by atoms with Crippen molar-refractivity contribution in [3.05, 3.63) is 48.0 Å². The molecule has 0 radical (unpaired) electrons. The molecule has 0 saturated heterocycles. The molecule has 0 aliphatic rings. The van der Waals surface area contributed by atoms with Crippen molar-refractivity contribution in [1.29, 1.82) is 0 Å². The van der Waals surface area contributed by atoms with E-state index in [-0.39, 0.29) is 0 Å². The lowest BCUT2D eigenvalue weighted by Crippen LogP contribution is -1.97. The predicted molar refractivity (Wildman–Crippen MR) is 82.5 cm³/mol. The number of nitrogen functional groups attached to an aromatic ring is 1. The summed E-state index contributed by atoms with van der Waals surface area (Å²) in [4.78, 5) is 0. The lowest BCUT2D eigenvalue weighted by molar-refractivity contribution is 0.185. The van der Waals surface area contributed by atoms with Crippen molar-refractivity contribution in [2.45, 2.75) is 13.5 Å². The standard InChI is InChI=1S/C16H20N2O2/c1-3-20-16-9-13(17)8-15(10-16)18-14-6-4-5-12(7-14)11-19-2/h4-10,18H,3,11,17H2,1-2H3. The highest BCUT2D eigenvalue weighted by Crippen LogP contribution is 2.25. The largest absolute Gasteiger partial charge is 0.494 e. The Kier molecular flexibility index (Phi) is 4.85. The average molecular weight is 272 g/mol. The summed E-state index contributed by atoms with van der Waals surface area (Å²) in [5, 5.41) is 3.33. The third-order valence-electron chi connectivity index (χ3n) is 2.77. The van der Waals surface area contributed by atoms with E-state index in [1.807, 2.05) is 49.4 Å². The fraction of sp³-hybridized carbons (Fsp3) is 0.250. The van der Waals surface area contributed by atoms with Crippen LogP contribution in [0.1, 0.15) is 12.5 Å². The maximum atomic E-state index is 5.88. The van der Waals surface area contributed by atoms with E-state index < -0.39 is 0 Å². The molecule has 0 aromatic heterocycles. The van der Waals surface area contributed by atoms with Crippen LogP contribution in [0.3, 0.4) is 0 Å². The second-order valence-corrected chi connectivity index (χ2v) is 4.48. The SMILES string of the molecule is CCOc1cc(N)cc(Nc2cccc(COC)c2)c1. The fourth-order valence-electron chi connectivity index (χ4n) is 2.02. The summed E-state index contributed by atoms with van der Waals surface area (Å²) in [5.41, 5.74) is 9.57. The first-order valence-corrected chi connectivity index (χ1v) is 6.59. The van der Waals surface area contributed by atoms with Crippen LogP contribution in [0.4, 0.5) is 17.1 Å². The van der Waals surface area contributed by atoms with Crippen molar-refractivity contribution in [3.63, 3.8) is 0 Å². The third-order valence-corrected chi connectivity index (χ3v) is 2.77. The van der Waals surface area contributed by atoms with Gasteiger partial charge in [0.1, 0.15) is 5.75 Å². The lowest BCUT2D eigenvalue weighted by atomic mass is 10.2. The summed E-state index contributed by atoms with van der Waals surface area (Å²) in [7, 11) is 1.69. The molecular weight excluding hydrogens is 252 g/mol. The normalized spacial score (nSPS) is 10.3. The van der Waals surface area contributed by atoms with Gasteiger partial charge in [-0.1, -0.05) is 12.1 Å². The van der Waals surface area contributed by atoms with Gasteiger partial charge in [-0.2, -0.15) is 0 Å². The number of nitrogens with one attached hydrogen (secondary N) is 1. The molecule has 0 bridgehead atoms. The summed E-state index contributed by atoms with van der Waals surface area (Å²) < 4.78 is 10.6. The first kappa shape index (κ1) is 14.2. The van der Waals surface area contributed by atoms with Gasteiger partial charge in [0.15, 0.2) is 0 Å². The maximum Gasteiger partial charge on any atom is 0.123 e. The van der Waals surface area contributed by atoms with Gasteiger partial charge in [-0.3, -0.25) is 0 Å². The number of hydrogen-bond acceptors (Lipinski definition) is 4. The van der Waals surface area contributed by atoms with Crippen molar-refractivity contribution >= 4 is 17.1 Å². The lowest BCUT2D eigenvalue weighted by Gasteiger charge is -2.11. The van der Waals surface area contributed by atoms with E-state index in [4.69, 9.17) is 15.2 Å². The Hall–Kier alpha value is -2.20. The zero-order valence-corrected chi connectivity index (χ0v) is 11.8. The van der Waals surface area contributed by atoms with E-state index in [9.17, 15) is 0 Å². The molecule has 3 N–H and O–H groups in total. The van der Waals surface area contributed by atoms with E-state index in [2.05, 4.69) is 5.32 Å². The zero-order chi connectivity index (χ0) is 14.4. The number of hydrogen-bond donors (Lipinski definition) is 2. The summed E-state index contributed by atoms with van der Waals surface area (Å²) in [6.45, 7) is 3.16. The first-order chi connectivity index (χ1) is 9.71. The molecule has 4 heteroatoms. The number of rotatable bonds is 6. The molecule has 0 saturated carbocycles. The van der Waals surface area contributed by atoms with Gasteiger partial charge in [0, 0.05) is 36.3 Å². The molecule has 0 fully saturated rings. The quantitative estimate of drug-likeness (QED) is 0.789. The minimum absolute atomic E-state index is 0.594. The van der Waals surface area contributed by atoms with Gasteiger partial charge in [0.05, 0.1) is 13.2 Å². The summed E-state index contributed by atoms with van der Waals surface area (Å²) in [6.07, 6.45) is 0. The van der Waals surface area contributed by atoms with Crippen molar-refractivity contribution in [3.8, 4) is 5.75 Å². The van der Waals surface area contributed by atoms with Crippen molar-refractivity contribution in [1.82, 2.24) is 0 Å². The molecule has 0 heterocycles. The molecule has 2 aromatic rings. The molecule has 0 aliphatic carbocycles. The number of nitrogens with two attached hydrogens (primary N) is 1. The topological polar surface area (TPSA) is 56.5 Å². The molecule has 4 nitrogen and oxygen atoms in total. The Balaban J connectivity index is 2.18. The average Bonchev–Trinajstić information content (AvgIpc) is 2.39.